The second-order valence-corrected chi connectivity index (χ2v) is 6.68. The summed E-state index contributed by atoms with van der Waals surface area (Å²) in [4.78, 5) is 18.1. The molecule has 3 aromatic rings. The largest absolute Gasteiger partial charge is 0.484 e. The third kappa shape index (κ3) is 5.47. The van der Waals surface area contributed by atoms with E-state index in [1.165, 1.54) is 0 Å². The summed E-state index contributed by atoms with van der Waals surface area (Å²) in [5.41, 5.74) is 1.60. The van der Waals surface area contributed by atoms with E-state index in [4.69, 9.17) is 20.9 Å². The number of carbonyl (C=O) groups excluding carboxylic acids is 1. The first kappa shape index (κ1) is 19.7. The van der Waals surface area contributed by atoms with E-state index < -0.39 is 0 Å². The predicted molar refractivity (Wildman–Crippen MR) is 107 cm³/mol. The van der Waals surface area contributed by atoms with Crippen molar-refractivity contribution in [2.75, 3.05) is 18.9 Å². The fraction of sp³-hybridized carbons (Fsp3) is 0.250. The number of carbonyl (C=O) groups is 1. The van der Waals surface area contributed by atoms with Crippen molar-refractivity contribution in [1.82, 2.24) is 15.0 Å². The molecule has 0 bridgehead atoms. The summed E-state index contributed by atoms with van der Waals surface area (Å²) >= 11 is 6.08. The summed E-state index contributed by atoms with van der Waals surface area (Å²) in [6, 6.07) is 14.6. The van der Waals surface area contributed by atoms with Gasteiger partial charge < -0.3 is 19.5 Å². The van der Waals surface area contributed by atoms with E-state index in [0.717, 1.165) is 11.3 Å². The number of halogens is 1. The lowest BCUT2D eigenvalue weighted by atomic mass is 10.2. The second-order valence-electron chi connectivity index (χ2n) is 6.27. The van der Waals surface area contributed by atoms with Gasteiger partial charge in [0, 0.05) is 30.7 Å². The van der Waals surface area contributed by atoms with Crippen LogP contribution >= 0.6 is 11.6 Å². The first-order valence-corrected chi connectivity index (χ1v) is 9.16. The summed E-state index contributed by atoms with van der Waals surface area (Å²) in [7, 11) is 1.70. The number of anilines is 1. The quantitative estimate of drug-likeness (QED) is 0.638. The van der Waals surface area contributed by atoms with Crippen LogP contribution in [0.25, 0.3) is 0 Å². The normalized spacial score (nSPS) is 10.5. The number of urea groups is 1. The summed E-state index contributed by atoms with van der Waals surface area (Å²) in [5.74, 6) is 1.64. The average molecular weight is 401 g/mol. The molecule has 0 saturated carbocycles. The van der Waals surface area contributed by atoms with Crippen LogP contribution in [0.15, 0.2) is 53.1 Å². The van der Waals surface area contributed by atoms with Crippen LogP contribution in [0.1, 0.15) is 17.3 Å². The van der Waals surface area contributed by atoms with E-state index in [0.29, 0.717) is 35.4 Å². The zero-order valence-electron chi connectivity index (χ0n) is 15.7. The molecule has 2 aromatic carbocycles. The highest BCUT2D eigenvalue weighted by molar-refractivity contribution is 6.31. The molecule has 146 valence electrons. The van der Waals surface area contributed by atoms with Gasteiger partial charge in [-0.15, -0.1) is 0 Å². The van der Waals surface area contributed by atoms with Crippen LogP contribution in [-0.4, -0.2) is 34.7 Å². The molecule has 0 fully saturated rings. The van der Waals surface area contributed by atoms with Crippen molar-refractivity contribution in [3.63, 3.8) is 0 Å². The molecule has 1 heterocycles. The van der Waals surface area contributed by atoms with Gasteiger partial charge in [-0.05, 0) is 36.8 Å². The van der Waals surface area contributed by atoms with Gasteiger partial charge in [-0.25, -0.2) is 4.79 Å². The number of ether oxygens (including phenoxy) is 1. The highest BCUT2D eigenvalue weighted by Crippen LogP contribution is 2.20. The van der Waals surface area contributed by atoms with E-state index >= 15 is 0 Å². The van der Waals surface area contributed by atoms with Crippen LogP contribution in [0.2, 0.25) is 5.02 Å². The number of rotatable bonds is 7. The lowest BCUT2D eigenvalue weighted by molar-refractivity contribution is 0.222. The van der Waals surface area contributed by atoms with E-state index in [2.05, 4.69) is 15.5 Å². The van der Waals surface area contributed by atoms with Crippen molar-refractivity contribution >= 4 is 23.3 Å². The smallest absolute Gasteiger partial charge is 0.321 e. The second kappa shape index (κ2) is 9.23. The summed E-state index contributed by atoms with van der Waals surface area (Å²) in [5, 5.41) is 7.34. The zero-order chi connectivity index (χ0) is 19.9. The van der Waals surface area contributed by atoms with Crippen LogP contribution in [0.3, 0.4) is 0 Å². The molecule has 0 aliphatic heterocycles. The molecule has 0 radical (unpaired) electrons. The lowest BCUT2D eigenvalue weighted by Crippen LogP contribution is -2.33. The lowest BCUT2D eigenvalue weighted by Gasteiger charge is -2.17. The molecule has 0 atom stereocenters. The third-order valence-corrected chi connectivity index (χ3v) is 4.46. The van der Waals surface area contributed by atoms with Crippen molar-refractivity contribution in [3.05, 3.63) is 70.8 Å². The summed E-state index contributed by atoms with van der Waals surface area (Å²) in [6.07, 6.45) is 0.466. The van der Waals surface area contributed by atoms with Gasteiger partial charge in [0.25, 0.3) is 5.89 Å². The minimum Gasteiger partial charge on any atom is -0.484 e. The topological polar surface area (TPSA) is 80.5 Å². The maximum atomic E-state index is 12.3. The number of hydrogen-bond donors (Lipinski definition) is 1. The number of nitrogens with one attached hydrogen (secondary N) is 1. The van der Waals surface area contributed by atoms with Crippen LogP contribution in [-0.2, 0) is 13.0 Å². The molecule has 0 aliphatic rings. The van der Waals surface area contributed by atoms with Gasteiger partial charge >= 0.3 is 6.03 Å². The fourth-order valence-corrected chi connectivity index (χ4v) is 2.55. The molecule has 0 saturated heterocycles. The Bertz CT molecular complexity index is 930. The predicted octanol–water partition coefficient (Wildman–Crippen LogP) is 4.32. The van der Waals surface area contributed by atoms with Crippen molar-refractivity contribution in [1.29, 1.82) is 0 Å². The molecule has 28 heavy (non-hydrogen) atoms. The number of benzene rings is 2. The Morgan fingerprint density at radius 1 is 1.25 bits per heavy atom. The summed E-state index contributed by atoms with van der Waals surface area (Å²) in [6.45, 7) is 2.54. The fourth-order valence-electron chi connectivity index (χ4n) is 2.37. The number of aryl methyl sites for hydroxylation is 1. The standard InChI is InChI=1S/C20H21ClN4O3/c1-14-8-9-15(12-17(14)21)22-20(26)25(2)11-10-18-23-19(28-24-18)13-27-16-6-4-3-5-7-16/h3-9,12H,10-11,13H2,1-2H3,(H,22,26). The highest BCUT2D eigenvalue weighted by atomic mass is 35.5. The highest BCUT2D eigenvalue weighted by Gasteiger charge is 2.12. The molecule has 2 amide bonds. The molecule has 1 N–H and O–H groups in total. The molecule has 8 heteroatoms. The van der Waals surface area contributed by atoms with Crippen LogP contribution in [0.4, 0.5) is 10.5 Å². The van der Waals surface area contributed by atoms with Crippen molar-refractivity contribution in [2.45, 2.75) is 20.0 Å². The number of para-hydroxylation sites is 1. The molecular weight excluding hydrogens is 380 g/mol. The van der Waals surface area contributed by atoms with Gasteiger partial charge in [0.05, 0.1) is 0 Å². The van der Waals surface area contributed by atoms with Crippen molar-refractivity contribution in [3.8, 4) is 5.75 Å². The Morgan fingerprint density at radius 2 is 2.04 bits per heavy atom. The Labute approximate surface area is 168 Å². The molecule has 7 nitrogen and oxygen atoms in total. The Morgan fingerprint density at radius 3 is 2.79 bits per heavy atom. The van der Waals surface area contributed by atoms with Gasteiger partial charge in [-0.1, -0.05) is 41.0 Å². The monoisotopic (exact) mass is 400 g/mol. The molecule has 0 aliphatic carbocycles. The van der Waals surface area contributed by atoms with E-state index in [-0.39, 0.29) is 12.6 Å². The van der Waals surface area contributed by atoms with E-state index in [9.17, 15) is 4.79 Å². The number of hydrogen-bond acceptors (Lipinski definition) is 5. The Kier molecular flexibility index (Phi) is 6.49. The average Bonchev–Trinajstić information content (AvgIpc) is 3.16. The summed E-state index contributed by atoms with van der Waals surface area (Å²) < 4.78 is 10.8. The first-order chi connectivity index (χ1) is 13.5. The number of amides is 2. The van der Waals surface area contributed by atoms with Gasteiger partial charge in [0.1, 0.15) is 5.75 Å². The van der Waals surface area contributed by atoms with Crippen LogP contribution in [0.5, 0.6) is 5.75 Å². The van der Waals surface area contributed by atoms with Crippen LogP contribution in [0, 0.1) is 6.92 Å². The Hall–Kier alpha value is -3.06. The SMILES string of the molecule is Cc1ccc(NC(=O)N(C)CCc2noc(COc3ccccc3)n2)cc1Cl. The zero-order valence-corrected chi connectivity index (χ0v) is 16.4. The minimum absolute atomic E-state index is 0.196. The number of nitrogens with zero attached hydrogens (tertiary/aromatic N) is 3. The number of aromatic nitrogens is 2. The molecule has 0 unspecified atom stereocenters. The van der Waals surface area contributed by atoms with Crippen molar-refractivity contribution in [2.24, 2.45) is 0 Å². The molecular formula is C20H21ClN4O3. The molecule has 1 aromatic heterocycles. The van der Waals surface area contributed by atoms with Gasteiger partial charge in [-0.2, -0.15) is 4.98 Å². The van der Waals surface area contributed by atoms with Gasteiger partial charge in [0.2, 0.25) is 0 Å². The molecule has 0 spiro atoms. The molecule has 3 rings (SSSR count). The maximum Gasteiger partial charge on any atom is 0.321 e. The first-order valence-electron chi connectivity index (χ1n) is 8.79. The maximum absolute atomic E-state index is 12.3. The van der Waals surface area contributed by atoms with Crippen LogP contribution < -0.4 is 10.1 Å². The van der Waals surface area contributed by atoms with E-state index in [1.54, 1.807) is 18.0 Å². The van der Waals surface area contributed by atoms with Gasteiger partial charge in [0.15, 0.2) is 12.4 Å². The third-order valence-electron chi connectivity index (χ3n) is 4.06. The van der Waals surface area contributed by atoms with E-state index in [1.807, 2.05) is 49.4 Å². The Balaban J connectivity index is 1.46. The minimum atomic E-state index is -0.240. The van der Waals surface area contributed by atoms with Gasteiger partial charge in [-0.3, -0.25) is 0 Å². The number of likely N-dealkylation sites (N-methyl/N-ethyl adjacent to an activating group) is 1. The van der Waals surface area contributed by atoms with Crippen molar-refractivity contribution < 1.29 is 14.1 Å².